The lowest BCUT2D eigenvalue weighted by Gasteiger charge is -2.33. The quantitative estimate of drug-likeness (QED) is 0.669. The summed E-state index contributed by atoms with van der Waals surface area (Å²) in [6.07, 6.45) is 0. The van der Waals surface area contributed by atoms with Crippen molar-refractivity contribution in [3.63, 3.8) is 0 Å². The Morgan fingerprint density at radius 2 is 1.96 bits per heavy atom. The fourth-order valence-electron chi connectivity index (χ4n) is 2.71. The molecule has 0 saturated carbocycles. The molecule has 138 valence electrons. The molecule has 0 atom stereocenters. The largest absolute Gasteiger partial charge is 0.492 e. The summed E-state index contributed by atoms with van der Waals surface area (Å²) in [4.78, 5) is 2.19. The molecule has 1 saturated heterocycles. The Morgan fingerprint density at radius 3 is 2.62 bits per heavy atom. The lowest BCUT2D eigenvalue weighted by Crippen LogP contribution is -2.49. The Kier molecular flexibility index (Phi) is 6.32. The van der Waals surface area contributed by atoms with Crippen LogP contribution in [0.2, 0.25) is 0 Å². The summed E-state index contributed by atoms with van der Waals surface area (Å²) in [7, 11) is -3.40. The molecule has 6 nitrogen and oxygen atoms in total. The summed E-state index contributed by atoms with van der Waals surface area (Å²) in [5, 5.41) is 8.90. The average Bonchev–Trinajstić information content (AvgIpc) is 3.10. The summed E-state index contributed by atoms with van der Waals surface area (Å²) in [6.45, 7) is 3.51. The number of nitrogens with zero attached hydrogens (tertiary/aromatic N) is 3. The molecule has 0 amide bonds. The van der Waals surface area contributed by atoms with Crippen LogP contribution in [-0.4, -0.2) is 57.0 Å². The predicted octanol–water partition coefficient (Wildman–Crippen LogP) is 2.77. The van der Waals surface area contributed by atoms with Crippen molar-refractivity contribution < 1.29 is 13.2 Å². The zero-order valence-corrected chi connectivity index (χ0v) is 17.2. The maximum absolute atomic E-state index is 12.6. The van der Waals surface area contributed by atoms with Gasteiger partial charge in [-0.2, -0.15) is 9.57 Å². The van der Waals surface area contributed by atoms with Crippen molar-refractivity contribution in [2.24, 2.45) is 0 Å². The van der Waals surface area contributed by atoms with E-state index in [9.17, 15) is 8.42 Å². The molecule has 0 unspecified atom stereocenters. The molecule has 3 rings (SSSR count). The van der Waals surface area contributed by atoms with Crippen LogP contribution in [0.25, 0.3) is 0 Å². The van der Waals surface area contributed by atoms with Gasteiger partial charge < -0.3 is 4.74 Å². The van der Waals surface area contributed by atoms with E-state index < -0.39 is 10.0 Å². The molecule has 0 spiro atoms. The minimum atomic E-state index is -3.40. The number of thiophene rings is 1. The molecule has 0 bridgehead atoms. The number of hydrogen-bond acceptors (Lipinski definition) is 6. The minimum Gasteiger partial charge on any atom is -0.492 e. The van der Waals surface area contributed by atoms with Crippen molar-refractivity contribution in [3.05, 3.63) is 45.7 Å². The first-order valence-corrected chi connectivity index (χ1v) is 11.1. The van der Waals surface area contributed by atoms with Crippen LogP contribution in [0.4, 0.5) is 0 Å². The highest BCUT2D eigenvalue weighted by Gasteiger charge is 2.29. The van der Waals surface area contributed by atoms with Crippen LogP contribution in [0.1, 0.15) is 5.56 Å². The van der Waals surface area contributed by atoms with Crippen molar-refractivity contribution in [2.75, 3.05) is 39.3 Å². The SMILES string of the molecule is N#Cc1cccc(OCCN2CCN(S(=O)(=O)c3ccc(Br)s3)CC2)c1. The Labute approximate surface area is 165 Å². The molecule has 1 aliphatic rings. The minimum absolute atomic E-state index is 0.374. The van der Waals surface area contributed by atoms with Gasteiger partial charge in [0.1, 0.15) is 16.6 Å². The Bertz CT molecular complexity index is 900. The number of halogens is 1. The molecule has 1 aromatic heterocycles. The highest BCUT2D eigenvalue weighted by Crippen LogP contribution is 2.28. The fraction of sp³-hybridized carbons (Fsp3) is 0.353. The highest BCUT2D eigenvalue weighted by molar-refractivity contribution is 9.11. The van der Waals surface area contributed by atoms with Crippen molar-refractivity contribution in [2.45, 2.75) is 4.21 Å². The number of sulfonamides is 1. The van der Waals surface area contributed by atoms with Crippen LogP contribution in [0.5, 0.6) is 5.75 Å². The van der Waals surface area contributed by atoms with Gasteiger partial charge in [-0.3, -0.25) is 4.90 Å². The Balaban J connectivity index is 1.47. The molecule has 0 N–H and O–H groups in total. The molecule has 26 heavy (non-hydrogen) atoms. The summed E-state index contributed by atoms with van der Waals surface area (Å²) < 4.78 is 33.6. The second-order valence-electron chi connectivity index (χ2n) is 5.79. The Morgan fingerprint density at radius 1 is 1.19 bits per heavy atom. The number of ether oxygens (including phenoxy) is 1. The van der Waals surface area contributed by atoms with Gasteiger partial charge in [0, 0.05) is 32.7 Å². The third-order valence-electron chi connectivity index (χ3n) is 4.11. The van der Waals surface area contributed by atoms with Gasteiger partial charge in [-0.25, -0.2) is 8.42 Å². The van der Waals surface area contributed by atoms with Gasteiger partial charge >= 0.3 is 0 Å². The van der Waals surface area contributed by atoms with E-state index in [4.69, 9.17) is 10.00 Å². The van der Waals surface area contributed by atoms with E-state index in [1.807, 2.05) is 6.07 Å². The Hall–Kier alpha value is -1.44. The molecule has 1 aliphatic heterocycles. The highest BCUT2D eigenvalue weighted by atomic mass is 79.9. The first-order chi connectivity index (χ1) is 12.5. The van der Waals surface area contributed by atoms with Crippen LogP contribution in [0.15, 0.2) is 44.4 Å². The van der Waals surface area contributed by atoms with Gasteiger partial charge in [0.25, 0.3) is 10.0 Å². The van der Waals surface area contributed by atoms with Crippen molar-refractivity contribution >= 4 is 37.3 Å². The van der Waals surface area contributed by atoms with Gasteiger partial charge in [0.15, 0.2) is 0 Å². The first kappa shape index (κ1) is 19.3. The molecule has 2 heterocycles. The molecule has 9 heteroatoms. The topological polar surface area (TPSA) is 73.6 Å². The number of benzene rings is 1. The lowest BCUT2D eigenvalue weighted by atomic mass is 10.2. The zero-order chi connectivity index (χ0) is 18.6. The summed E-state index contributed by atoms with van der Waals surface area (Å²) in [5.74, 6) is 0.675. The van der Waals surface area contributed by atoms with Crippen LogP contribution in [0, 0.1) is 11.3 Å². The van der Waals surface area contributed by atoms with Crippen LogP contribution in [0.3, 0.4) is 0 Å². The molecule has 1 fully saturated rings. The van der Waals surface area contributed by atoms with E-state index in [0.29, 0.717) is 48.3 Å². The predicted molar refractivity (Wildman–Crippen MR) is 104 cm³/mol. The third kappa shape index (κ3) is 4.64. The molecule has 1 aromatic carbocycles. The molecule has 0 aliphatic carbocycles. The normalized spacial score (nSPS) is 16.3. The smallest absolute Gasteiger partial charge is 0.252 e. The number of hydrogen-bond donors (Lipinski definition) is 0. The van der Waals surface area contributed by atoms with E-state index in [2.05, 4.69) is 26.9 Å². The van der Waals surface area contributed by atoms with Crippen LogP contribution in [-0.2, 0) is 10.0 Å². The number of nitriles is 1. The second kappa shape index (κ2) is 8.50. The summed E-state index contributed by atoms with van der Waals surface area (Å²) in [5.41, 5.74) is 0.571. The van der Waals surface area contributed by atoms with E-state index in [0.717, 1.165) is 10.3 Å². The fourth-order valence-corrected chi connectivity index (χ4v) is 6.29. The standard InChI is InChI=1S/C17H18BrN3O3S2/c18-16-4-5-17(25-16)26(22,23)21-8-6-20(7-9-21)10-11-24-15-3-1-2-14(12-15)13-19/h1-5,12H,6-11H2. The van der Waals surface area contributed by atoms with E-state index >= 15 is 0 Å². The summed E-state index contributed by atoms with van der Waals surface area (Å²) in [6, 6.07) is 12.5. The number of piperazine rings is 1. The first-order valence-electron chi connectivity index (χ1n) is 8.10. The summed E-state index contributed by atoms with van der Waals surface area (Å²) >= 11 is 4.54. The van der Waals surface area contributed by atoms with Crippen molar-refractivity contribution in [1.29, 1.82) is 5.26 Å². The maximum atomic E-state index is 12.6. The van der Waals surface area contributed by atoms with Crippen molar-refractivity contribution in [1.82, 2.24) is 9.21 Å². The van der Waals surface area contributed by atoms with Gasteiger partial charge in [0.05, 0.1) is 15.4 Å². The second-order valence-corrected chi connectivity index (χ2v) is 10.4. The molecular formula is C17H18BrN3O3S2. The van der Waals surface area contributed by atoms with E-state index in [-0.39, 0.29) is 0 Å². The van der Waals surface area contributed by atoms with E-state index in [1.54, 1.807) is 34.6 Å². The zero-order valence-electron chi connectivity index (χ0n) is 14.0. The van der Waals surface area contributed by atoms with Gasteiger partial charge in [-0.15, -0.1) is 11.3 Å². The van der Waals surface area contributed by atoms with Gasteiger partial charge in [-0.1, -0.05) is 6.07 Å². The lowest BCUT2D eigenvalue weighted by molar-refractivity contribution is 0.159. The van der Waals surface area contributed by atoms with Crippen LogP contribution < -0.4 is 4.74 Å². The van der Waals surface area contributed by atoms with E-state index in [1.165, 1.54) is 11.3 Å². The molecule has 2 aromatic rings. The van der Waals surface area contributed by atoms with Crippen LogP contribution >= 0.6 is 27.3 Å². The molecule has 0 radical (unpaired) electrons. The van der Waals surface area contributed by atoms with Crippen molar-refractivity contribution in [3.8, 4) is 11.8 Å². The van der Waals surface area contributed by atoms with Gasteiger partial charge in [-0.05, 0) is 46.3 Å². The monoisotopic (exact) mass is 455 g/mol. The average molecular weight is 456 g/mol. The third-order valence-corrected chi connectivity index (χ3v) is 8.10. The molecular weight excluding hydrogens is 438 g/mol. The number of rotatable bonds is 6. The maximum Gasteiger partial charge on any atom is 0.252 e. The van der Waals surface area contributed by atoms with Gasteiger partial charge in [0.2, 0.25) is 0 Å².